The summed E-state index contributed by atoms with van der Waals surface area (Å²) >= 11 is 0. The highest BCUT2D eigenvalue weighted by atomic mass is 16.3. The quantitative estimate of drug-likeness (QED) is 0.524. The molecule has 3 nitrogen and oxygen atoms in total. The number of hydrogen-bond donors (Lipinski definition) is 3. The van der Waals surface area contributed by atoms with Crippen LogP contribution in [-0.4, -0.2) is 21.4 Å². The predicted octanol–water partition coefficient (Wildman–Crippen LogP) is 5.86. The highest BCUT2D eigenvalue weighted by molar-refractivity contribution is 5.51. The summed E-state index contributed by atoms with van der Waals surface area (Å²) in [5.41, 5.74) is 1.64. The second-order valence-corrected chi connectivity index (χ2v) is 10.3. The summed E-state index contributed by atoms with van der Waals surface area (Å²) in [7, 11) is 0. The molecule has 2 bridgehead atoms. The molecule has 0 amide bonds. The van der Waals surface area contributed by atoms with Crippen molar-refractivity contribution in [2.75, 3.05) is 0 Å². The highest BCUT2D eigenvalue weighted by Crippen LogP contribution is 2.65. The molecule has 3 N–H and O–H groups in total. The molecule has 0 radical (unpaired) electrons. The number of phenols is 2. The van der Waals surface area contributed by atoms with Crippen molar-refractivity contribution < 1.29 is 15.3 Å². The van der Waals surface area contributed by atoms with Crippen molar-refractivity contribution in [2.45, 2.75) is 97.0 Å². The zero-order valence-corrected chi connectivity index (χ0v) is 17.8. The topological polar surface area (TPSA) is 60.7 Å². The Morgan fingerprint density at radius 1 is 1.00 bits per heavy atom. The molecule has 0 saturated heterocycles. The van der Waals surface area contributed by atoms with Crippen LogP contribution in [0.15, 0.2) is 12.1 Å². The number of hydrogen-bond acceptors (Lipinski definition) is 3. The minimum atomic E-state index is -0.344. The fourth-order valence-corrected chi connectivity index (χ4v) is 5.77. The van der Waals surface area contributed by atoms with Crippen LogP contribution in [0.5, 0.6) is 11.5 Å². The molecule has 0 aromatic heterocycles. The highest BCUT2D eigenvalue weighted by Gasteiger charge is 2.59. The Morgan fingerprint density at radius 3 is 2.15 bits per heavy atom. The standard InChI is InChI=1S/C24H38O3/c1-6-7-8-9-10-23(2,3)15-11-20(26)22(21(27)12-15)16-13-19(25)18-14-17(16)24(18,4)5/h11-12,16-19,25-27H,6-10,13-14H2,1-5H3/t16-,17+,18-,19?/m0/s1. The zero-order valence-electron chi connectivity index (χ0n) is 17.8. The Hall–Kier alpha value is -1.22. The fourth-order valence-electron chi connectivity index (χ4n) is 5.77. The maximum atomic E-state index is 10.8. The number of unbranched alkanes of at least 4 members (excludes halogenated alkanes) is 3. The third-order valence-corrected chi connectivity index (χ3v) is 7.81. The van der Waals surface area contributed by atoms with Gasteiger partial charge in [-0.3, -0.25) is 0 Å². The van der Waals surface area contributed by atoms with E-state index in [0.717, 1.165) is 24.8 Å². The SMILES string of the molecule is CCCCCCC(C)(C)c1cc(O)c([C@H]2CC(O)[C@@H]3C[C@H]2C3(C)C)c(O)c1. The Bertz CT molecular complexity index is 653. The average molecular weight is 375 g/mol. The van der Waals surface area contributed by atoms with Gasteiger partial charge in [-0.2, -0.15) is 0 Å². The molecule has 4 atom stereocenters. The summed E-state index contributed by atoms with van der Waals surface area (Å²) in [5.74, 6) is 1.19. The van der Waals surface area contributed by atoms with Crippen molar-refractivity contribution in [1.82, 2.24) is 0 Å². The zero-order chi connectivity index (χ0) is 20.0. The normalized spacial score (nSPS) is 29.4. The lowest BCUT2D eigenvalue weighted by Crippen LogP contribution is -2.57. The number of aliphatic hydroxyl groups excluding tert-OH is 1. The molecule has 1 aromatic rings. The van der Waals surface area contributed by atoms with Gasteiger partial charge >= 0.3 is 0 Å². The molecule has 27 heavy (non-hydrogen) atoms. The molecule has 1 unspecified atom stereocenters. The van der Waals surface area contributed by atoms with Gasteiger partial charge in [0.1, 0.15) is 11.5 Å². The molecule has 0 spiro atoms. The number of aliphatic hydroxyl groups is 1. The molecule has 4 rings (SSSR count). The van der Waals surface area contributed by atoms with Crippen molar-refractivity contribution in [3.63, 3.8) is 0 Å². The second kappa shape index (κ2) is 7.31. The second-order valence-electron chi connectivity index (χ2n) is 10.3. The molecule has 0 aliphatic heterocycles. The number of fused-ring (bicyclic) bond motifs is 2. The van der Waals surface area contributed by atoms with Crippen LogP contribution in [0.1, 0.15) is 96.6 Å². The predicted molar refractivity (Wildman–Crippen MR) is 110 cm³/mol. The van der Waals surface area contributed by atoms with Crippen LogP contribution in [0.2, 0.25) is 0 Å². The molecule has 3 saturated carbocycles. The van der Waals surface area contributed by atoms with Crippen molar-refractivity contribution in [2.24, 2.45) is 17.3 Å². The first-order valence-electron chi connectivity index (χ1n) is 10.8. The Kier molecular flexibility index (Phi) is 5.55. The lowest BCUT2D eigenvalue weighted by atomic mass is 9.44. The first kappa shape index (κ1) is 20.5. The van der Waals surface area contributed by atoms with Crippen LogP contribution >= 0.6 is 0 Å². The molecule has 3 heteroatoms. The summed E-state index contributed by atoms with van der Waals surface area (Å²) in [5, 5.41) is 32.2. The van der Waals surface area contributed by atoms with E-state index in [9.17, 15) is 15.3 Å². The van der Waals surface area contributed by atoms with Gasteiger partial charge in [0.2, 0.25) is 0 Å². The summed E-state index contributed by atoms with van der Waals surface area (Å²) in [4.78, 5) is 0. The van der Waals surface area contributed by atoms with Gasteiger partial charge in [-0.05, 0) is 65.5 Å². The summed E-state index contributed by atoms with van der Waals surface area (Å²) in [6.07, 6.45) is 7.20. The van der Waals surface area contributed by atoms with Gasteiger partial charge in [-0.25, -0.2) is 0 Å². The smallest absolute Gasteiger partial charge is 0.123 e. The monoisotopic (exact) mass is 374 g/mol. The van der Waals surface area contributed by atoms with E-state index in [1.54, 1.807) is 0 Å². The van der Waals surface area contributed by atoms with E-state index in [4.69, 9.17) is 0 Å². The van der Waals surface area contributed by atoms with Crippen LogP contribution in [0, 0.1) is 17.3 Å². The van der Waals surface area contributed by atoms with Crippen LogP contribution in [-0.2, 0) is 5.41 Å². The van der Waals surface area contributed by atoms with Gasteiger partial charge in [0.05, 0.1) is 6.10 Å². The third-order valence-electron chi connectivity index (χ3n) is 7.81. The number of rotatable bonds is 7. The summed E-state index contributed by atoms with van der Waals surface area (Å²) < 4.78 is 0. The number of phenolic OH excluding ortho intramolecular Hbond substituents is 2. The third kappa shape index (κ3) is 3.60. The maximum Gasteiger partial charge on any atom is 0.123 e. The van der Waals surface area contributed by atoms with Crippen LogP contribution in [0.25, 0.3) is 0 Å². The van der Waals surface area contributed by atoms with E-state index in [-0.39, 0.29) is 34.4 Å². The number of benzene rings is 1. The van der Waals surface area contributed by atoms with Crippen LogP contribution < -0.4 is 0 Å². The molecule has 3 aliphatic rings. The number of aromatic hydroxyl groups is 2. The lowest BCUT2D eigenvalue weighted by Gasteiger charge is -2.62. The van der Waals surface area contributed by atoms with E-state index in [2.05, 4.69) is 34.6 Å². The molecule has 3 fully saturated rings. The van der Waals surface area contributed by atoms with Crippen molar-refractivity contribution in [3.05, 3.63) is 23.3 Å². The minimum Gasteiger partial charge on any atom is -0.508 e. The summed E-state index contributed by atoms with van der Waals surface area (Å²) in [6.45, 7) is 11.0. The molecular formula is C24H38O3. The van der Waals surface area contributed by atoms with Crippen molar-refractivity contribution in [1.29, 1.82) is 0 Å². The minimum absolute atomic E-state index is 0.0294. The molecule has 0 heterocycles. The molecule has 152 valence electrons. The van der Waals surface area contributed by atoms with Crippen molar-refractivity contribution >= 4 is 0 Å². The van der Waals surface area contributed by atoms with Crippen molar-refractivity contribution in [3.8, 4) is 11.5 Å². The molecular weight excluding hydrogens is 336 g/mol. The van der Waals surface area contributed by atoms with E-state index >= 15 is 0 Å². The van der Waals surface area contributed by atoms with Gasteiger partial charge < -0.3 is 15.3 Å². The molecule has 1 aromatic carbocycles. The first-order valence-corrected chi connectivity index (χ1v) is 10.8. The fraction of sp³-hybridized carbons (Fsp3) is 0.750. The summed E-state index contributed by atoms with van der Waals surface area (Å²) in [6, 6.07) is 3.72. The Morgan fingerprint density at radius 2 is 1.63 bits per heavy atom. The lowest BCUT2D eigenvalue weighted by molar-refractivity contribution is -0.152. The van der Waals surface area contributed by atoms with Crippen LogP contribution in [0.4, 0.5) is 0 Å². The first-order chi connectivity index (χ1) is 12.6. The average Bonchev–Trinajstić information content (AvgIpc) is 2.57. The molecule has 3 aliphatic carbocycles. The Labute approximate surface area is 164 Å². The maximum absolute atomic E-state index is 10.8. The van der Waals surface area contributed by atoms with Gasteiger partial charge in [-0.15, -0.1) is 0 Å². The Balaban J connectivity index is 1.83. The van der Waals surface area contributed by atoms with Gasteiger partial charge in [-0.1, -0.05) is 60.3 Å². The van der Waals surface area contributed by atoms with Gasteiger partial charge in [0, 0.05) is 5.56 Å². The van der Waals surface area contributed by atoms with Crippen LogP contribution in [0.3, 0.4) is 0 Å². The van der Waals surface area contributed by atoms with E-state index in [0.29, 0.717) is 23.8 Å². The van der Waals surface area contributed by atoms with E-state index in [1.807, 2.05) is 12.1 Å². The van der Waals surface area contributed by atoms with E-state index in [1.165, 1.54) is 19.3 Å². The van der Waals surface area contributed by atoms with E-state index < -0.39 is 0 Å². The van der Waals surface area contributed by atoms with Gasteiger partial charge in [0.25, 0.3) is 0 Å². The largest absolute Gasteiger partial charge is 0.508 e. The van der Waals surface area contributed by atoms with Gasteiger partial charge in [0.15, 0.2) is 0 Å².